The average molecular weight is 318 g/mol. The van der Waals surface area contributed by atoms with Crippen LogP contribution in [-0.4, -0.2) is 30.9 Å². The Hall–Kier alpha value is -3.09. The van der Waals surface area contributed by atoms with Crippen molar-refractivity contribution in [2.75, 3.05) is 13.7 Å². The van der Waals surface area contributed by atoms with Crippen LogP contribution in [0.5, 0.6) is 17.2 Å². The second-order valence-electron chi connectivity index (χ2n) is 4.44. The Morgan fingerprint density at radius 3 is 2.78 bits per heavy atom. The van der Waals surface area contributed by atoms with E-state index >= 15 is 0 Å². The van der Waals surface area contributed by atoms with Gasteiger partial charge in [-0.15, -0.1) is 0 Å². The number of phenolic OH excluding ortho intramolecular Hbond substituents is 1. The van der Waals surface area contributed by atoms with Crippen molar-refractivity contribution in [2.45, 2.75) is 0 Å². The number of benzene rings is 2. The lowest BCUT2D eigenvalue weighted by molar-refractivity contribution is -0.123. The number of halogens is 1. The number of methoxy groups -OCH3 is 1. The standard InChI is InChI=1S/C16H15FN2O4/c1-22-15-7-6-11(8-13(15)20)9-18-19-16(21)10-23-14-5-3-2-4-12(14)17/h2-9,20H,10H2,1H3,(H,19,21)/b18-9-. The summed E-state index contributed by atoms with van der Waals surface area (Å²) < 4.78 is 23.2. The zero-order chi connectivity index (χ0) is 16.7. The number of nitrogens with one attached hydrogen (secondary N) is 1. The van der Waals surface area contributed by atoms with Gasteiger partial charge in [-0.25, -0.2) is 9.82 Å². The predicted molar refractivity (Wildman–Crippen MR) is 82.3 cm³/mol. The highest BCUT2D eigenvalue weighted by molar-refractivity contribution is 5.83. The first kappa shape index (κ1) is 16.3. The maximum absolute atomic E-state index is 13.3. The summed E-state index contributed by atoms with van der Waals surface area (Å²) in [5.41, 5.74) is 2.81. The Labute approximate surface area is 132 Å². The lowest BCUT2D eigenvalue weighted by atomic mass is 10.2. The van der Waals surface area contributed by atoms with Gasteiger partial charge in [0.25, 0.3) is 5.91 Å². The van der Waals surface area contributed by atoms with Gasteiger partial charge in [0.2, 0.25) is 0 Å². The molecule has 0 bridgehead atoms. The molecule has 0 atom stereocenters. The van der Waals surface area contributed by atoms with Crippen LogP contribution in [0.2, 0.25) is 0 Å². The van der Waals surface area contributed by atoms with Crippen LogP contribution in [0, 0.1) is 5.82 Å². The topological polar surface area (TPSA) is 80.2 Å². The highest BCUT2D eigenvalue weighted by Crippen LogP contribution is 2.25. The minimum Gasteiger partial charge on any atom is -0.504 e. The molecule has 2 aromatic rings. The summed E-state index contributed by atoms with van der Waals surface area (Å²) in [5.74, 6) is -0.790. The molecule has 0 aliphatic heterocycles. The molecular formula is C16H15FN2O4. The second kappa shape index (κ2) is 7.79. The van der Waals surface area contributed by atoms with Crippen LogP contribution in [0.15, 0.2) is 47.6 Å². The molecule has 2 rings (SSSR count). The van der Waals surface area contributed by atoms with Crippen LogP contribution in [0.3, 0.4) is 0 Å². The van der Waals surface area contributed by atoms with E-state index in [-0.39, 0.29) is 18.1 Å². The molecule has 6 nitrogen and oxygen atoms in total. The molecule has 2 N–H and O–H groups in total. The first-order valence-electron chi connectivity index (χ1n) is 6.66. The molecule has 0 radical (unpaired) electrons. The zero-order valence-electron chi connectivity index (χ0n) is 12.3. The first-order chi connectivity index (χ1) is 11.1. The second-order valence-corrected chi connectivity index (χ2v) is 4.44. The normalized spacial score (nSPS) is 10.5. The average Bonchev–Trinajstić information content (AvgIpc) is 2.54. The number of aromatic hydroxyl groups is 1. The molecule has 1 amide bonds. The minimum atomic E-state index is -0.544. The molecular weight excluding hydrogens is 303 g/mol. The molecule has 0 aliphatic carbocycles. The number of hydrogen-bond acceptors (Lipinski definition) is 5. The SMILES string of the molecule is COc1ccc(/C=N\NC(=O)COc2ccccc2F)cc1O. The van der Waals surface area contributed by atoms with E-state index in [4.69, 9.17) is 9.47 Å². The maximum atomic E-state index is 13.3. The van der Waals surface area contributed by atoms with E-state index in [0.29, 0.717) is 11.3 Å². The summed E-state index contributed by atoms with van der Waals surface area (Å²) in [5, 5.41) is 13.3. The molecule has 0 spiro atoms. The molecule has 0 saturated heterocycles. The number of hydrogen-bond donors (Lipinski definition) is 2. The fourth-order valence-electron chi connectivity index (χ4n) is 1.70. The summed E-state index contributed by atoms with van der Waals surface area (Å²) in [6, 6.07) is 10.4. The van der Waals surface area contributed by atoms with Crippen molar-refractivity contribution in [1.29, 1.82) is 0 Å². The van der Waals surface area contributed by atoms with Crippen LogP contribution in [-0.2, 0) is 4.79 Å². The molecule has 0 aromatic heterocycles. The number of carbonyl (C=O) groups excluding carboxylic acids is 1. The van der Waals surface area contributed by atoms with Crippen molar-refractivity contribution < 1.29 is 23.8 Å². The number of carbonyl (C=O) groups is 1. The minimum absolute atomic E-state index is 0.00768. The Morgan fingerprint density at radius 2 is 2.09 bits per heavy atom. The van der Waals surface area contributed by atoms with Gasteiger partial charge in [0.05, 0.1) is 13.3 Å². The summed E-state index contributed by atoms with van der Waals surface area (Å²) in [6.07, 6.45) is 1.35. The van der Waals surface area contributed by atoms with Crippen LogP contribution in [0.1, 0.15) is 5.56 Å². The van der Waals surface area contributed by atoms with Crippen molar-refractivity contribution in [3.8, 4) is 17.2 Å². The number of para-hydroxylation sites is 1. The van der Waals surface area contributed by atoms with Crippen molar-refractivity contribution in [2.24, 2.45) is 5.10 Å². The van der Waals surface area contributed by atoms with Crippen LogP contribution in [0.4, 0.5) is 4.39 Å². The van der Waals surface area contributed by atoms with Gasteiger partial charge in [-0.1, -0.05) is 12.1 Å². The van der Waals surface area contributed by atoms with Gasteiger partial charge in [0.1, 0.15) is 0 Å². The van der Waals surface area contributed by atoms with Gasteiger partial charge in [0.15, 0.2) is 29.7 Å². The maximum Gasteiger partial charge on any atom is 0.277 e. The van der Waals surface area contributed by atoms with E-state index in [0.717, 1.165) is 0 Å². The van der Waals surface area contributed by atoms with Gasteiger partial charge in [-0.2, -0.15) is 5.10 Å². The predicted octanol–water partition coefficient (Wildman–Crippen LogP) is 2.07. The molecule has 0 aliphatic rings. The van der Waals surface area contributed by atoms with Crippen molar-refractivity contribution in [1.82, 2.24) is 5.43 Å². The summed E-state index contributed by atoms with van der Waals surface area (Å²) >= 11 is 0. The monoisotopic (exact) mass is 318 g/mol. The van der Waals surface area contributed by atoms with E-state index in [9.17, 15) is 14.3 Å². The molecule has 2 aromatic carbocycles. The summed E-state index contributed by atoms with van der Waals surface area (Å²) in [7, 11) is 1.44. The van der Waals surface area contributed by atoms with E-state index in [2.05, 4.69) is 10.5 Å². The Bertz CT molecular complexity index is 719. The molecule has 23 heavy (non-hydrogen) atoms. The lowest BCUT2D eigenvalue weighted by Crippen LogP contribution is -2.24. The van der Waals surface area contributed by atoms with Gasteiger partial charge >= 0.3 is 0 Å². The summed E-state index contributed by atoms with van der Waals surface area (Å²) in [4.78, 5) is 11.5. The molecule has 0 heterocycles. The highest BCUT2D eigenvalue weighted by Gasteiger charge is 2.05. The van der Waals surface area contributed by atoms with Gasteiger partial charge in [-0.05, 0) is 35.9 Å². The van der Waals surface area contributed by atoms with E-state index in [1.54, 1.807) is 18.2 Å². The van der Waals surface area contributed by atoms with Crippen molar-refractivity contribution in [3.05, 3.63) is 53.8 Å². The summed E-state index contributed by atoms with van der Waals surface area (Å²) in [6.45, 7) is -0.369. The van der Waals surface area contributed by atoms with Crippen LogP contribution >= 0.6 is 0 Å². The van der Waals surface area contributed by atoms with E-state index in [1.165, 1.54) is 37.6 Å². The fraction of sp³-hybridized carbons (Fsp3) is 0.125. The Kier molecular flexibility index (Phi) is 5.51. The molecule has 0 unspecified atom stereocenters. The van der Waals surface area contributed by atoms with Gasteiger partial charge in [0, 0.05) is 0 Å². The van der Waals surface area contributed by atoms with Crippen LogP contribution < -0.4 is 14.9 Å². The Morgan fingerprint density at radius 1 is 1.30 bits per heavy atom. The van der Waals surface area contributed by atoms with Crippen LogP contribution in [0.25, 0.3) is 0 Å². The zero-order valence-corrected chi connectivity index (χ0v) is 12.3. The number of hydrazone groups is 1. The molecule has 0 saturated carbocycles. The highest BCUT2D eigenvalue weighted by atomic mass is 19.1. The number of nitrogens with zero attached hydrogens (tertiary/aromatic N) is 1. The fourth-order valence-corrected chi connectivity index (χ4v) is 1.70. The molecule has 7 heteroatoms. The third-order valence-electron chi connectivity index (χ3n) is 2.80. The number of ether oxygens (including phenoxy) is 2. The lowest BCUT2D eigenvalue weighted by Gasteiger charge is -2.05. The molecule has 0 fully saturated rings. The Balaban J connectivity index is 1.84. The van der Waals surface area contributed by atoms with Crippen molar-refractivity contribution >= 4 is 12.1 Å². The number of amides is 1. The largest absolute Gasteiger partial charge is 0.504 e. The van der Waals surface area contributed by atoms with E-state index < -0.39 is 11.7 Å². The van der Waals surface area contributed by atoms with E-state index in [1.807, 2.05) is 0 Å². The number of rotatable bonds is 6. The smallest absolute Gasteiger partial charge is 0.277 e. The molecule has 120 valence electrons. The van der Waals surface area contributed by atoms with Gasteiger partial charge in [-0.3, -0.25) is 4.79 Å². The third kappa shape index (κ3) is 4.70. The van der Waals surface area contributed by atoms with Gasteiger partial charge < -0.3 is 14.6 Å². The quantitative estimate of drug-likeness (QED) is 0.631. The third-order valence-corrected chi connectivity index (χ3v) is 2.80. The van der Waals surface area contributed by atoms with Crippen molar-refractivity contribution in [3.63, 3.8) is 0 Å². The first-order valence-corrected chi connectivity index (χ1v) is 6.66. The number of phenols is 1.